The fraction of sp³-hybridized carbons (Fsp3) is 0.600. The van der Waals surface area contributed by atoms with Gasteiger partial charge in [-0.2, -0.15) is 0 Å². The van der Waals surface area contributed by atoms with Crippen molar-refractivity contribution in [2.24, 2.45) is 11.8 Å². The van der Waals surface area contributed by atoms with Gasteiger partial charge in [-0.3, -0.25) is 14.6 Å². The molecule has 0 spiro atoms. The molecule has 0 aliphatic rings. The predicted octanol–water partition coefficient (Wildman–Crippen LogP) is 5.48. The summed E-state index contributed by atoms with van der Waals surface area (Å²) in [6.45, 7) is 9.42. The first-order chi connectivity index (χ1) is 21.8. The van der Waals surface area contributed by atoms with Crippen LogP contribution < -0.4 is 16.0 Å². The van der Waals surface area contributed by atoms with Gasteiger partial charge in [0, 0.05) is 24.5 Å². The van der Waals surface area contributed by atoms with Crippen LogP contribution in [0, 0.1) is 11.8 Å². The van der Waals surface area contributed by atoms with E-state index in [4.69, 9.17) is 0 Å². The van der Waals surface area contributed by atoms with Gasteiger partial charge in [-0.15, -0.1) is 0 Å². The number of carbonyl (C=O) groups is 4. The number of aromatic nitrogens is 2. The molecule has 10 heteroatoms. The van der Waals surface area contributed by atoms with Gasteiger partial charge in [0.15, 0.2) is 0 Å². The number of carbonyl (C=O) groups excluding carboxylic acids is 4. The zero-order valence-corrected chi connectivity index (χ0v) is 29.7. The Labute approximate surface area is 276 Å². The van der Waals surface area contributed by atoms with Gasteiger partial charge in [-0.1, -0.05) is 20.3 Å². The number of unbranched alkanes of at least 4 members (excludes halogenated alkanes) is 8. The molecule has 45 heavy (non-hydrogen) atoms. The topological polar surface area (TPSA) is 130 Å². The average Bonchev–Trinajstić information content (AvgIpc) is 3.07. The van der Waals surface area contributed by atoms with E-state index in [9.17, 15) is 19.2 Å². The molecule has 248 valence electrons. The second kappa shape index (κ2) is 22.4. The van der Waals surface area contributed by atoms with Crippen molar-refractivity contribution in [1.29, 1.82) is 0 Å². The Morgan fingerprint density at radius 3 is 1.58 bits per heavy atom. The molecule has 9 nitrogen and oxygen atoms in total. The maximum atomic E-state index is 12.9. The minimum atomic E-state index is -1.11. The first-order valence-electron chi connectivity index (χ1n) is 16.8. The maximum absolute atomic E-state index is 12.9. The Balaban J connectivity index is 1.53. The number of nitrogens with zero attached hydrogens (tertiary/aromatic N) is 2. The van der Waals surface area contributed by atoms with Crippen molar-refractivity contribution in [3.05, 3.63) is 60.2 Å². The molecule has 0 radical (unpaired) electrons. The van der Waals surface area contributed by atoms with Crippen molar-refractivity contribution < 1.29 is 19.2 Å². The molecule has 0 saturated carbocycles. The number of hydrogen-bond donors (Lipinski definition) is 3. The van der Waals surface area contributed by atoms with E-state index in [1.807, 2.05) is 13.8 Å². The third-order valence-electron chi connectivity index (χ3n) is 8.40. The molecule has 2 heterocycles. The van der Waals surface area contributed by atoms with Gasteiger partial charge in [-0.25, -0.2) is 0 Å². The summed E-state index contributed by atoms with van der Waals surface area (Å²) in [7, 11) is 0. The van der Waals surface area contributed by atoms with Crippen molar-refractivity contribution in [3.63, 3.8) is 0 Å². The number of rotatable bonds is 23. The van der Waals surface area contributed by atoms with Crippen LogP contribution in [0.3, 0.4) is 0 Å². The molecule has 2 aromatic rings. The van der Waals surface area contributed by atoms with Crippen molar-refractivity contribution in [2.45, 2.75) is 109 Å². The van der Waals surface area contributed by atoms with E-state index in [0.29, 0.717) is 24.2 Å². The first kappa shape index (κ1) is 38.1. The number of hydrogen-bond acceptors (Lipinski definition) is 6. The summed E-state index contributed by atoms with van der Waals surface area (Å²) in [4.78, 5) is 59.0. The van der Waals surface area contributed by atoms with Crippen LogP contribution in [-0.2, 0) is 9.59 Å². The van der Waals surface area contributed by atoms with Crippen LogP contribution in [0.4, 0.5) is 0 Å². The van der Waals surface area contributed by atoms with E-state index < -0.39 is 21.8 Å². The standard InChI is InChI=1S/C35H54AsN5O4/c1-5-26(3)30(36-32(42)28-16-22-37-23-17-28)34(44)39-20-14-12-10-8-7-9-11-13-15-21-40-35(45)31(27(4)6-2)41-33(43)29-18-24-38-25-19-29/h16-19,22-27,30-31,36H,5-15,20-21H2,1-4H3,(H,39,44)(H,40,45)(H,41,43)/t26?,27?,30-,31-/m0/s1. The van der Waals surface area contributed by atoms with Gasteiger partial charge in [0.2, 0.25) is 5.91 Å². The molecule has 2 rings (SSSR count). The van der Waals surface area contributed by atoms with Crippen LogP contribution in [0.25, 0.3) is 0 Å². The van der Waals surface area contributed by atoms with E-state index in [-0.39, 0.29) is 38.8 Å². The number of nitrogens with one attached hydrogen (secondary N) is 3. The predicted molar refractivity (Wildman–Crippen MR) is 181 cm³/mol. The third kappa shape index (κ3) is 14.7. The fourth-order valence-electron chi connectivity index (χ4n) is 4.99. The SMILES string of the molecule is CCC(C)[C@H](NC(=O)c1ccncc1)C(=O)NCCCCCCCCCCCNC(=O)[C@@H]([AsH]C(=O)c1ccncc1)C(C)CC. The van der Waals surface area contributed by atoms with Crippen LogP contribution in [0.5, 0.6) is 0 Å². The molecule has 0 bridgehead atoms. The summed E-state index contributed by atoms with van der Waals surface area (Å²) in [5, 5.41) is 9.01. The van der Waals surface area contributed by atoms with Crippen molar-refractivity contribution in [3.8, 4) is 0 Å². The molecule has 0 aromatic carbocycles. The molecule has 3 N–H and O–H groups in total. The van der Waals surface area contributed by atoms with Crippen molar-refractivity contribution >= 4 is 38.0 Å². The van der Waals surface area contributed by atoms with E-state index in [1.54, 1.807) is 49.1 Å². The quantitative estimate of drug-likeness (QED) is 0.105. The number of amides is 3. The Morgan fingerprint density at radius 2 is 1.09 bits per heavy atom. The molecule has 2 aromatic heterocycles. The van der Waals surface area contributed by atoms with E-state index in [0.717, 1.165) is 51.4 Å². The van der Waals surface area contributed by atoms with Crippen LogP contribution in [0.2, 0.25) is 4.71 Å². The Hall–Kier alpha value is -3.06. The average molecular weight is 684 g/mol. The van der Waals surface area contributed by atoms with Gasteiger partial charge < -0.3 is 10.6 Å². The summed E-state index contributed by atoms with van der Waals surface area (Å²) >= 11 is -1.11. The van der Waals surface area contributed by atoms with Gasteiger partial charge in [0.25, 0.3) is 5.91 Å². The Morgan fingerprint density at radius 1 is 0.644 bits per heavy atom. The van der Waals surface area contributed by atoms with Crippen molar-refractivity contribution in [1.82, 2.24) is 25.9 Å². The molecule has 0 fully saturated rings. The second-order valence-electron chi connectivity index (χ2n) is 11.9. The fourth-order valence-corrected chi connectivity index (χ4v) is 7.86. The molecular formula is C35H54AsN5O4. The van der Waals surface area contributed by atoms with Gasteiger partial charge in [0.1, 0.15) is 6.04 Å². The van der Waals surface area contributed by atoms with Gasteiger partial charge >= 0.3 is 165 Å². The normalized spacial score (nSPS) is 14.0. The molecule has 0 saturated heterocycles. The molecular weight excluding hydrogens is 629 g/mol. The van der Waals surface area contributed by atoms with E-state index in [2.05, 4.69) is 39.8 Å². The third-order valence-corrected chi connectivity index (χ3v) is 12.0. The molecule has 0 aliphatic carbocycles. The van der Waals surface area contributed by atoms with Crippen LogP contribution in [0.1, 0.15) is 119 Å². The molecule has 0 aliphatic heterocycles. The minimum absolute atomic E-state index is 0.0314. The van der Waals surface area contributed by atoms with Gasteiger partial charge in [-0.05, 0) is 24.5 Å². The summed E-state index contributed by atoms with van der Waals surface area (Å²) in [6.07, 6.45) is 17.9. The van der Waals surface area contributed by atoms with E-state index >= 15 is 0 Å². The van der Waals surface area contributed by atoms with E-state index in [1.165, 1.54) is 19.3 Å². The Kier molecular flexibility index (Phi) is 19.0. The Bertz CT molecular complexity index is 1060. The van der Waals surface area contributed by atoms with Crippen LogP contribution in [-0.4, -0.2) is 67.1 Å². The monoisotopic (exact) mass is 683 g/mol. The number of pyridine rings is 2. The molecule has 5 atom stereocenters. The first-order valence-corrected chi connectivity index (χ1v) is 19.0. The summed E-state index contributed by atoms with van der Waals surface area (Å²) in [5.41, 5.74) is 1.16. The summed E-state index contributed by atoms with van der Waals surface area (Å²) in [5.74, 6) is -0.125. The van der Waals surface area contributed by atoms with Gasteiger partial charge in [0.05, 0.1) is 0 Å². The van der Waals surface area contributed by atoms with Crippen LogP contribution >= 0.6 is 0 Å². The van der Waals surface area contributed by atoms with Crippen LogP contribution in [0.15, 0.2) is 49.1 Å². The second-order valence-corrected chi connectivity index (χ2v) is 14.8. The zero-order chi connectivity index (χ0) is 32.9. The molecule has 3 unspecified atom stereocenters. The summed E-state index contributed by atoms with van der Waals surface area (Å²) < 4.78 is -0.0792. The summed E-state index contributed by atoms with van der Waals surface area (Å²) in [6, 6.07) is 6.19. The zero-order valence-electron chi connectivity index (χ0n) is 27.6. The molecule has 3 amide bonds. The van der Waals surface area contributed by atoms with Crippen molar-refractivity contribution in [2.75, 3.05) is 13.1 Å².